The minimum atomic E-state index is -0.649. The normalized spacial score (nSPS) is 9.50. The topological polar surface area (TPSA) is 79.5 Å². The molecule has 3 amide bonds. The van der Waals surface area contributed by atoms with Crippen LogP contribution in [0.4, 0.5) is 10.5 Å². The van der Waals surface area contributed by atoms with Gasteiger partial charge in [-0.15, -0.1) is 11.6 Å². The van der Waals surface area contributed by atoms with Crippen molar-refractivity contribution in [1.82, 2.24) is 10.9 Å². The van der Waals surface area contributed by atoms with Gasteiger partial charge < -0.3 is 10.1 Å². The lowest BCUT2D eigenvalue weighted by molar-refractivity contribution is -0.119. The van der Waals surface area contributed by atoms with E-state index in [2.05, 4.69) is 16.2 Å². The zero-order valence-electron chi connectivity index (χ0n) is 9.42. The van der Waals surface area contributed by atoms with E-state index in [4.69, 9.17) is 27.9 Å². The standard InChI is InChI=1S/C10H11Cl2N3O3/c1-18-6-2-3-7(12)8(4-6)13-10(17)15-14-9(16)5-11/h2-4H,5H2,1H3,(H,14,16)(H2,13,15,17). The summed E-state index contributed by atoms with van der Waals surface area (Å²) in [7, 11) is 1.49. The van der Waals surface area contributed by atoms with Crippen molar-refractivity contribution in [2.24, 2.45) is 0 Å². The summed E-state index contributed by atoms with van der Waals surface area (Å²) < 4.78 is 4.99. The van der Waals surface area contributed by atoms with Crippen molar-refractivity contribution < 1.29 is 14.3 Å². The molecule has 0 heterocycles. The van der Waals surface area contributed by atoms with Crippen LogP contribution in [0.25, 0.3) is 0 Å². The van der Waals surface area contributed by atoms with Gasteiger partial charge >= 0.3 is 6.03 Å². The number of anilines is 1. The molecule has 98 valence electrons. The molecule has 0 bridgehead atoms. The second kappa shape index (κ2) is 6.93. The molecule has 8 heteroatoms. The van der Waals surface area contributed by atoms with Gasteiger partial charge in [0.05, 0.1) is 17.8 Å². The number of benzene rings is 1. The fourth-order valence-electron chi connectivity index (χ4n) is 1.04. The maximum Gasteiger partial charge on any atom is 0.337 e. The largest absolute Gasteiger partial charge is 0.497 e. The van der Waals surface area contributed by atoms with Gasteiger partial charge in [0.15, 0.2) is 0 Å². The van der Waals surface area contributed by atoms with Crippen molar-refractivity contribution in [3.8, 4) is 5.75 Å². The lowest BCUT2D eigenvalue weighted by atomic mass is 10.3. The van der Waals surface area contributed by atoms with Crippen molar-refractivity contribution in [3.63, 3.8) is 0 Å². The zero-order valence-corrected chi connectivity index (χ0v) is 10.9. The predicted octanol–water partition coefficient (Wildman–Crippen LogP) is 1.74. The highest BCUT2D eigenvalue weighted by atomic mass is 35.5. The zero-order chi connectivity index (χ0) is 13.5. The second-order valence-electron chi connectivity index (χ2n) is 3.11. The quantitative estimate of drug-likeness (QED) is 0.586. The number of alkyl halides is 1. The summed E-state index contributed by atoms with van der Waals surface area (Å²) in [5, 5.41) is 2.79. The highest BCUT2D eigenvalue weighted by Gasteiger charge is 2.07. The first-order valence-electron chi connectivity index (χ1n) is 4.82. The van der Waals surface area contributed by atoms with Crippen LogP contribution in [0.1, 0.15) is 0 Å². The first kappa shape index (κ1) is 14.4. The van der Waals surface area contributed by atoms with Crippen LogP contribution in [-0.2, 0) is 4.79 Å². The summed E-state index contributed by atoms with van der Waals surface area (Å²) >= 11 is 11.1. The summed E-state index contributed by atoms with van der Waals surface area (Å²) in [6, 6.07) is 4.13. The minimum Gasteiger partial charge on any atom is -0.497 e. The number of rotatable bonds is 3. The molecule has 1 aromatic rings. The number of carbonyl (C=O) groups excluding carboxylic acids is 2. The Balaban J connectivity index is 2.61. The number of halogens is 2. The molecule has 0 aliphatic heterocycles. The van der Waals surface area contributed by atoms with Crippen LogP contribution < -0.4 is 20.9 Å². The Morgan fingerprint density at radius 1 is 1.33 bits per heavy atom. The maximum absolute atomic E-state index is 11.4. The number of hydrogen-bond acceptors (Lipinski definition) is 3. The van der Waals surface area contributed by atoms with E-state index in [1.54, 1.807) is 18.2 Å². The number of ether oxygens (including phenoxy) is 1. The van der Waals surface area contributed by atoms with E-state index < -0.39 is 11.9 Å². The molecular weight excluding hydrogens is 281 g/mol. The Bertz CT molecular complexity index is 454. The molecule has 0 fully saturated rings. The molecule has 0 aromatic heterocycles. The summed E-state index contributed by atoms with van der Waals surface area (Å²) in [5.74, 6) is -0.233. The molecule has 0 unspecified atom stereocenters. The van der Waals surface area contributed by atoms with E-state index in [-0.39, 0.29) is 5.88 Å². The second-order valence-corrected chi connectivity index (χ2v) is 3.78. The van der Waals surface area contributed by atoms with Crippen molar-refractivity contribution >= 4 is 40.8 Å². The minimum absolute atomic E-state index is 0.250. The Morgan fingerprint density at radius 3 is 2.67 bits per heavy atom. The van der Waals surface area contributed by atoms with Gasteiger partial charge in [-0.3, -0.25) is 10.2 Å². The third-order valence-electron chi connectivity index (χ3n) is 1.86. The van der Waals surface area contributed by atoms with Gasteiger partial charge in [-0.2, -0.15) is 0 Å². The number of amides is 3. The molecule has 0 radical (unpaired) electrons. The molecule has 6 nitrogen and oxygen atoms in total. The average molecular weight is 292 g/mol. The van der Waals surface area contributed by atoms with E-state index in [0.717, 1.165) is 0 Å². The molecule has 0 aliphatic carbocycles. The van der Waals surface area contributed by atoms with Gasteiger partial charge in [0.25, 0.3) is 5.91 Å². The van der Waals surface area contributed by atoms with Gasteiger partial charge in [-0.1, -0.05) is 11.6 Å². The number of methoxy groups -OCH3 is 1. The maximum atomic E-state index is 11.4. The van der Waals surface area contributed by atoms with Crippen molar-refractivity contribution in [2.45, 2.75) is 0 Å². The molecule has 3 N–H and O–H groups in total. The predicted molar refractivity (Wildman–Crippen MR) is 69.0 cm³/mol. The highest BCUT2D eigenvalue weighted by molar-refractivity contribution is 6.33. The lowest BCUT2D eigenvalue weighted by Gasteiger charge is -2.10. The molecule has 1 aromatic carbocycles. The molecular formula is C10H11Cl2N3O3. The molecule has 0 atom stereocenters. The fourth-order valence-corrected chi connectivity index (χ4v) is 1.27. The number of nitrogens with one attached hydrogen (secondary N) is 3. The van der Waals surface area contributed by atoms with E-state index in [1.165, 1.54) is 7.11 Å². The van der Waals surface area contributed by atoms with Crippen LogP contribution >= 0.6 is 23.2 Å². The number of carbonyl (C=O) groups is 2. The van der Waals surface area contributed by atoms with E-state index >= 15 is 0 Å². The fraction of sp³-hybridized carbons (Fsp3) is 0.200. The third kappa shape index (κ3) is 4.31. The van der Waals surface area contributed by atoms with Crippen LogP contribution in [0.15, 0.2) is 18.2 Å². The molecule has 18 heavy (non-hydrogen) atoms. The SMILES string of the molecule is COc1ccc(Cl)c(NC(=O)NNC(=O)CCl)c1. The monoisotopic (exact) mass is 291 g/mol. The first-order valence-corrected chi connectivity index (χ1v) is 5.73. The Morgan fingerprint density at radius 2 is 2.06 bits per heavy atom. The van der Waals surface area contributed by atoms with E-state index in [0.29, 0.717) is 16.5 Å². The number of hydrogen-bond donors (Lipinski definition) is 3. The highest BCUT2D eigenvalue weighted by Crippen LogP contribution is 2.26. The van der Waals surface area contributed by atoms with Crippen molar-refractivity contribution in [2.75, 3.05) is 18.3 Å². The van der Waals surface area contributed by atoms with Crippen molar-refractivity contribution in [3.05, 3.63) is 23.2 Å². The van der Waals surface area contributed by atoms with E-state index in [9.17, 15) is 9.59 Å². The lowest BCUT2D eigenvalue weighted by Crippen LogP contribution is -2.44. The van der Waals surface area contributed by atoms with Gasteiger partial charge in [-0.25, -0.2) is 10.2 Å². The Hall–Kier alpha value is -1.66. The van der Waals surface area contributed by atoms with Crippen molar-refractivity contribution in [1.29, 1.82) is 0 Å². The molecule has 0 saturated carbocycles. The first-order chi connectivity index (χ1) is 8.56. The number of urea groups is 1. The van der Waals surface area contributed by atoms with Crippen LogP contribution in [-0.4, -0.2) is 24.9 Å². The Labute approximate surface area is 114 Å². The summed E-state index contributed by atoms with van der Waals surface area (Å²) in [5.41, 5.74) is 4.56. The summed E-state index contributed by atoms with van der Waals surface area (Å²) in [4.78, 5) is 22.2. The third-order valence-corrected chi connectivity index (χ3v) is 2.43. The number of hydrazine groups is 1. The summed E-state index contributed by atoms with van der Waals surface area (Å²) in [6.45, 7) is 0. The van der Waals surface area contributed by atoms with Crippen LogP contribution in [0.3, 0.4) is 0 Å². The average Bonchev–Trinajstić information content (AvgIpc) is 2.38. The van der Waals surface area contributed by atoms with Gasteiger partial charge in [0.1, 0.15) is 11.6 Å². The van der Waals surface area contributed by atoms with Crippen LogP contribution in [0.2, 0.25) is 5.02 Å². The van der Waals surface area contributed by atoms with Crippen LogP contribution in [0, 0.1) is 0 Å². The van der Waals surface area contributed by atoms with Gasteiger partial charge in [0.2, 0.25) is 0 Å². The molecule has 0 aliphatic rings. The van der Waals surface area contributed by atoms with Crippen LogP contribution in [0.5, 0.6) is 5.75 Å². The van der Waals surface area contributed by atoms with Gasteiger partial charge in [0, 0.05) is 6.07 Å². The smallest absolute Gasteiger partial charge is 0.337 e. The molecule has 0 spiro atoms. The van der Waals surface area contributed by atoms with E-state index in [1.807, 2.05) is 0 Å². The molecule has 0 saturated heterocycles. The summed E-state index contributed by atoms with van der Waals surface area (Å²) in [6.07, 6.45) is 0. The van der Waals surface area contributed by atoms with Gasteiger partial charge in [-0.05, 0) is 12.1 Å². The molecule has 1 rings (SSSR count). The Kier molecular flexibility index (Phi) is 5.54.